The Labute approximate surface area is 123 Å². The molecule has 0 aliphatic heterocycles. The first kappa shape index (κ1) is 16.5. The van der Waals surface area contributed by atoms with Crippen molar-refractivity contribution in [2.45, 2.75) is 40.5 Å². The molecule has 3 heteroatoms. The van der Waals surface area contributed by atoms with Crippen molar-refractivity contribution in [2.75, 3.05) is 18.0 Å². The zero-order chi connectivity index (χ0) is 15.1. The molecule has 0 amide bonds. The highest BCUT2D eigenvalue weighted by molar-refractivity contribution is 5.95. The molecule has 1 rings (SSSR count). The van der Waals surface area contributed by atoms with E-state index in [1.165, 1.54) is 18.5 Å². The lowest BCUT2D eigenvalue weighted by Crippen LogP contribution is -2.27. The van der Waals surface area contributed by atoms with Gasteiger partial charge in [0.05, 0.1) is 0 Å². The van der Waals surface area contributed by atoms with Crippen LogP contribution in [0.25, 0.3) is 0 Å². The lowest BCUT2D eigenvalue weighted by atomic mass is 10.1. The van der Waals surface area contributed by atoms with Crippen molar-refractivity contribution in [3.63, 3.8) is 0 Å². The Morgan fingerprint density at radius 3 is 1.80 bits per heavy atom. The Balaban J connectivity index is 2.76. The van der Waals surface area contributed by atoms with E-state index in [4.69, 9.17) is 11.1 Å². The largest absolute Gasteiger partial charge is 0.384 e. The molecule has 0 aliphatic carbocycles. The van der Waals surface area contributed by atoms with Crippen molar-refractivity contribution in [2.24, 2.45) is 17.6 Å². The maximum atomic E-state index is 7.45. The van der Waals surface area contributed by atoms with Gasteiger partial charge in [0.25, 0.3) is 0 Å². The predicted octanol–water partition coefficient (Wildman–Crippen LogP) is 3.87. The maximum Gasteiger partial charge on any atom is 0.122 e. The van der Waals surface area contributed by atoms with Crippen LogP contribution in [-0.2, 0) is 0 Å². The number of nitrogen functional groups attached to an aromatic ring is 1. The number of benzene rings is 1. The zero-order valence-electron chi connectivity index (χ0n) is 13.3. The molecule has 0 heterocycles. The number of amidine groups is 1. The van der Waals surface area contributed by atoms with E-state index in [9.17, 15) is 0 Å². The van der Waals surface area contributed by atoms with E-state index in [-0.39, 0.29) is 5.84 Å². The Kier molecular flexibility index (Phi) is 6.56. The number of hydrogen-bond acceptors (Lipinski definition) is 2. The van der Waals surface area contributed by atoms with E-state index in [1.807, 2.05) is 12.1 Å². The minimum atomic E-state index is 0.132. The third kappa shape index (κ3) is 5.64. The molecule has 0 unspecified atom stereocenters. The summed E-state index contributed by atoms with van der Waals surface area (Å²) in [5.74, 6) is 1.56. The quantitative estimate of drug-likeness (QED) is 0.559. The molecule has 3 N–H and O–H groups in total. The number of hydrogen-bond donors (Lipinski definition) is 2. The third-order valence-corrected chi connectivity index (χ3v) is 3.50. The second kappa shape index (κ2) is 7.93. The molecule has 0 saturated heterocycles. The van der Waals surface area contributed by atoms with Crippen LogP contribution < -0.4 is 10.6 Å². The Morgan fingerprint density at radius 2 is 1.45 bits per heavy atom. The molecule has 0 saturated carbocycles. The minimum Gasteiger partial charge on any atom is -0.384 e. The summed E-state index contributed by atoms with van der Waals surface area (Å²) in [5.41, 5.74) is 7.53. The standard InChI is InChI=1S/C17H29N3/c1-13(2)9-11-20(12-10-14(3)4)16-7-5-15(6-8-16)17(18)19/h5-8,13-14H,9-12H2,1-4H3,(H3,18,19). The summed E-state index contributed by atoms with van der Waals surface area (Å²) in [7, 11) is 0. The van der Waals surface area contributed by atoms with Crippen LogP contribution in [0.4, 0.5) is 5.69 Å². The highest BCUT2D eigenvalue weighted by Gasteiger charge is 2.09. The van der Waals surface area contributed by atoms with Gasteiger partial charge in [0.15, 0.2) is 0 Å². The van der Waals surface area contributed by atoms with E-state index >= 15 is 0 Å². The highest BCUT2D eigenvalue weighted by atomic mass is 15.1. The van der Waals surface area contributed by atoms with Gasteiger partial charge in [-0.05, 0) is 48.9 Å². The summed E-state index contributed by atoms with van der Waals surface area (Å²) in [4.78, 5) is 2.45. The first-order chi connectivity index (χ1) is 9.40. The lowest BCUT2D eigenvalue weighted by Gasteiger charge is -2.26. The summed E-state index contributed by atoms with van der Waals surface area (Å²) in [5, 5.41) is 7.45. The van der Waals surface area contributed by atoms with Crippen molar-refractivity contribution < 1.29 is 0 Å². The summed E-state index contributed by atoms with van der Waals surface area (Å²) in [6, 6.07) is 8.04. The summed E-state index contributed by atoms with van der Waals surface area (Å²) >= 11 is 0. The molecule has 0 aliphatic rings. The third-order valence-electron chi connectivity index (χ3n) is 3.50. The van der Waals surface area contributed by atoms with Crippen LogP contribution in [0, 0.1) is 17.2 Å². The van der Waals surface area contributed by atoms with E-state index in [0.29, 0.717) is 11.8 Å². The molecule has 0 radical (unpaired) electrons. The van der Waals surface area contributed by atoms with Gasteiger partial charge in [0.2, 0.25) is 0 Å². The molecule has 20 heavy (non-hydrogen) atoms. The molecule has 1 aromatic rings. The van der Waals surface area contributed by atoms with Gasteiger partial charge < -0.3 is 10.6 Å². The van der Waals surface area contributed by atoms with Crippen LogP contribution >= 0.6 is 0 Å². The molecular formula is C17H29N3. The smallest absolute Gasteiger partial charge is 0.122 e. The second-order valence-corrected chi connectivity index (χ2v) is 6.31. The average Bonchev–Trinajstić information content (AvgIpc) is 2.38. The van der Waals surface area contributed by atoms with Gasteiger partial charge in [-0.2, -0.15) is 0 Å². The highest BCUT2D eigenvalue weighted by Crippen LogP contribution is 2.18. The van der Waals surface area contributed by atoms with E-state index in [1.54, 1.807) is 0 Å². The SMILES string of the molecule is CC(C)CCN(CCC(C)C)c1ccc(C(=N)N)cc1. The molecule has 1 aromatic carbocycles. The molecule has 0 fully saturated rings. The van der Waals surface area contributed by atoms with Gasteiger partial charge in [0, 0.05) is 24.3 Å². The number of nitrogens with two attached hydrogens (primary N) is 1. The van der Waals surface area contributed by atoms with Gasteiger partial charge >= 0.3 is 0 Å². The van der Waals surface area contributed by atoms with Gasteiger partial charge in [-0.25, -0.2) is 0 Å². The number of rotatable bonds is 8. The number of anilines is 1. The Hall–Kier alpha value is -1.51. The van der Waals surface area contributed by atoms with Crippen LogP contribution in [0.5, 0.6) is 0 Å². The average molecular weight is 275 g/mol. The molecule has 0 aromatic heterocycles. The summed E-state index contributed by atoms with van der Waals surface area (Å²) in [6.45, 7) is 11.2. The van der Waals surface area contributed by atoms with Crippen molar-refractivity contribution in [3.05, 3.63) is 29.8 Å². The van der Waals surface area contributed by atoms with Crippen molar-refractivity contribution in [1.82, 2.24) is 0 Å². The van der Waals surface area contributed by atoms with Crippen LogP contribution in [0.2, 0.25) is 0 Å². The molecule has 112 valence electrons. The molecule has 0 spiro atoms. The Morgan fingerprint density at radius 1 is 1.00 bits per heavy atom. The van der Waals surface area contributed by atoms with E-state index in [0.717, 1.165) is 18.7 Å². The fourth-order valence-electron chi connectivity index (χ4n) is 2.05. The van der Waals surface area contributed by atoms with Gasteiger partial charge in [-0.3, -0.25) is 5.41 Å². The van der Waals surface area contributed by atoms with Crippen molar-refractivity contribution in [1.29, 1.82) is 5.41 Å². The van der Waals surface area contributed by atoms with Gasteiger partial charge in [-0.1, -0.05) is 27.7 Å². The summed E-state index contributed by atoms with van der Waals surface area (Å²) < 4.78 is 0. The zero-order valence-corrected chi connectivity index (χ0v) is 13.3. The topological polar surface area (TPSA) is 53.1 Å². The van der Waals surface area contributed by atoms with Crippen LogP contribution in [0.3, 0.4) is 0 Å². The first-order valence-corrected chi connectivity index (χ1v) is 7.59. The second-order valence-electron chi connectivity index (χ2n) is 6.31. The first-order valence-electron chi connectivity index (χ1n) is 7.59. The van der Waals surface area contributed by atoms with Crippen molar-refractivity contribution in [3.8, 4) is 0 Å². The maximum absolute atomic E-state index is 7.45. The van der Waals surface area contributed by atoms with Crippen molar-refractivity contribution >= 4 is 11.5 Å². The number of nitrogens with zero attached hydrogens (tertiary/aromatic N) is 1. The molecule has 0 atom stereocenters. The molecular weight excluding hydrogens is 246 g/mol. The van der Waals surface area contributed by atoms with Gasteiger partial charge in [0.1, 0.15) is 5.84 Å². The summed E-state index contributed by atoms with van der Waals surface area (Å²) in [6.07, 6.45) is 2.40. The fourth-order valence-corrected chi connectivity index (χ4v) is 2.05. The normalized spacial score (nSPS) is 11.1. The van der Waals surface area contributed by atoms with E-state index in [2.05, 4.69) is 44.7 Å². The van der Waals surface area contributed by atoms with Crippen LogP contribution in [0.15, 0.2) is 24.3 Å². The molecule has 3 nitrogen and oxygen atoms in total. The predicted molar refractivity (Wildman–Crippen MR) is 88.6 cm³/mol. The monoisotopic (exact) mass is 275 g/mol. The van der Waals surface area contributed by atoms with Crippen LogP contribution in [-0.4, -0.2) is 18.9 Å². The lowest BCUT2D eigenvalue weighted by molar-refractivity contribution is 0.535. The van der Waals surface area contributed by atoms with E-state index < -0.39 is 0 Å². The Bertz CT molecular complexity index is 395. The fraction of sp³-hybridized carbons (Fsp3) is 0.588. The minimum absolute atomic E-state index is 0.132. The van der Waals surface area contributed by atoms with Crippen LogP contribution in [0.1, 0.15) is 46.1 Å². The van der Waals surface area contributed by atoms with Gasteiger partial charge in [-0.15, -0.1) is 0 Å². The number of nitrogens with one attached hydrogen (secondary N) is 1. The molecule has 0 bridgehead atoms.